The normalized spacial score (nSPS) is 14.8. The van der Waals surface area contributed by atoms with Crippen molar-refractivity contribution in [1.29, 1.82) is 0 Å². The minimum atomic E-state index is -0.573. The van der Waals surface area contributed by atoms with Gasteiger partial charge in [0, 0.05) is 11.3 Å². The Morgan fingerprint density at radius 3 is 2.39 bits per heavy atom. The number of carbonyl (C=O) groups is 2. The Balaban J connectivity index is 1.71. The zero-order chi connectivity index (χ0) is 20.1. The SMILES string of the molecule is CCc1ccc(C(=O)NC(C(=O)Nc2ccc3c(c2)CCC3)C(C)CC)cc1. The molecule has 2 unspecified atom stereocenters. The molecular formula is C24H30N2O2. The quantitative estimate of drug-likeness (QED) is 0.744. The van der Waals surface area contributed by atoms with Crippen LogP contribution < -0.4 is 10.6 Å². The summed E-state index contributed by atoms with van der Waals surface area (Å²) in [6.45, 7) is 6.10. The Morgan fingerprint density at radius 1 is 1.00 bits per heavy atom. The van der Waals surface area contributed by atoms with Crippen LogP contribution >= 0.6 is 0 Å². The van der Waals surface area contributed by atoms with Crippen LogP contribution in [0.15, 0.2) is 42.5 Å². The second-order valence-corrected chi connectivity index (χ2v) is 7.71. The first-order valence-corrected chi connectivity index (χ1v) is 10.3. The van der Waals surface area contributed by atoms with E-state index in [1.165, 1.54) is 23.1 Å². The minimum absolute atomic E-state index is 0.0355. The Bertz CT molecular complexity index is 842. The molecule has 0 fully saturated rings. The Kier molecular flexibility index (Phi) is 6.50. The molecule has 0 saturated heterocycles. The predicted molar refractivity (Wildman–Crippen MR) is 114 cm³/mol. The van der Waals surface area contributed by atoms with Crippen LogP contribution in [-0.2, 0) is 24.1 Å². The van der Waals surface area contributed by atoms with Crippen molar-refractivity contribution in [1.82, 2.24) is 5.32 Å². The van der Waals surface area contributed by atoms with Gasteiger partial charge in [0.15, 0.2) is 0 Å². The van der Waals surface area contributed by atoms with Crippen LogP contribution in [0.4, 0.5) is 5.69 Å². The number of aryl methyl sites for hydroxylation is 3. The first-order valence-electron chi connectivity index (χ1n) is 10.3. The summed E-state index contributed by atoms with van der Waals surface area (Å²) < 4.78 is 0. The molecule has 0 heterocycles. The number of rotatable bonds is 7. The molecule has 2 aromatic carbocycles. The largest absolute Gasteiger partial charge is 0.340 e. The van der Waals surface area contributed by atoms with Gasteiger partial charge in [-0.3, -0.25) is 9.59 Å². The summed E-state index contributed by atoms with van der Waals surface area (Å²) in [7, 11) is 0. The lowest BCUT2D eigenvalue weighted by atomic mass is 9.97. The van der Waals surface area contributed by atoms with Crippen LogP contribution in [-0.4, -0.2) is 17.9 Å². The van der Waals surface area contributed by atoms with E-state index in [0.29, 0.717) is 5.56 Å². The number of carbonyl (C=O) groups excluding carboxylic acids is 2. The van der Waals surface area contributed by atoms with Crippen LogP contribution in [0.5, 0.6) is 0 Å². The molecule has 4 heteroatoms. The molecule has 3 rings (SSSR count). The summed E-state index contributed by atoms with van der Waals surface area (Å²) in [5.74, 6) is -0.337. The second kappa shape index (κ2) is 9.05. The van der Waals surface area contributed by atoms with Gasteiger partial charge in [0.05, 0.1) is 0 Å². The van der Waals surface area contributed by atoms with Crippen LogP contribution in [0.3, 0.4) is 0 Å². The maximum atomic E-state index is 13.0. The van der Waals surface area contributed by atoms with Crippen molar-refractivity contribution in [2.75, 3.05) is 5.32 Å². The van der Waals surface area contributed by atoms with Gasteiger partial charge in [0.2, 0.25) is 5.91 Å². The van der Waals surface area contributed by atoms with Crippen molar-refractivity contribution < 1.29 is 9.59 Å². The molecule has 1 aliphatic rings. The molecule has 0 bridgehead atoms. The lowest BCUT2D eigenvalue weighted by Crippen LogP contribution is -2.47. The zero-order valence-electron chi connectivity index (χ0n) is 17.0. The number of anilines is 1. The summed E-state index contributed by atoms with van der Waals surface area (Å²) in [6, 6.07) is 13.1. The number of hydrogen-bond donors (Lipinski definition) is 2. The molecule has 1 aliphatic carbocycles. The van der Waals surface area contributed by atoms with E-state index in [1.807, 2.05) is 44.2 Å². The zero-order valence-corrected chi connectivity index (χ0v) is 17.0. The maximum absolute atomic E-state index is 13.0. The molecule has 2 amide bonds. The van der Waals surface area contributed by atoms with Crippen molar-refractivity contribution in [3.8, 4) is 0 Å². The van der Waals surface area contributed by atoms with E-state index in [1.54, 1.807) is 0 Å². The van der Waals surface area contributed by atoms with Crippen LogP contribution in [0.25, 0.3) is 0 Å². The second-order valence-electron chi connectivity index (χ2n) is 7.71. The smallest absolute Gasteiger partial charge is 0.251 e. The molecule has 2 atom stereocenters. The Hall–Kier alpha value is -2.62. The maximum Gasteiger partial charge on any atom is 0.251 e. The lowest BCUT2D eigenvalue weighted by Gasteiger charge is -2.24. The average molecular weight is 379 g/mol. The highest BCUT2D eigenvalue weighted by Crippen LogP contribution is 2.25. The van der Waals surface area contributed by atoms with Gasteiger partial charge in [-0.05, 0) is 72.6 Å². The molecule has 0 aliphatic heterocycles. The molecule has 0 spiro atoms. The van der Waals surface area contributed by atoms with Gasteiger partial charge in [-0.2, -0.15) is 0 Å². The van der Waals surface area contributed by atoms with Gasteiger partial charge >= 0.3 is 0 Å². The molecule has 0 saturated carbocycles. The lowest BCUT2D eigenvalue weighted by molar-refractivity contribution is -0.119. The van der Waals surface area contributed by atoms with Crippen LogP contribution in [0.2, 0.25) is 0 Å². The van der Waals surface area contributed by atoms with Gasteiger partial charge in [-0.1, -0.05) is 45.4 Å². The molecule has 148 valence electrons. The van der Waals surface area contributed by atoms with Crippen LogP contribution in [0, 0.1) is 5.92 Å². The van der Waals surface area contributed by atoms with Gasteiger partial charge in [0.1, 0.15) is 6.04 Å². The number of hydrogen-bond acceptors (Lipinski definition) is 2. The third-order valence-electron chi connectivity index (χ3n) is 5.77. The number of fused-ring (bicyclic) bond motifs is 1. The number of amides is 2. The Labute approximate surface area is 167 Å². The summed E-state index contributed by atoms with van der Waals surface area (Å²) in [5.41, 5.74) is 5.26. The van der Waals surface area contributed by atoms with E-state index < -0.39 is 6.04 Å². The average Bonchev–Trinajstić information content (AvgIpc) is 3.19. The highest BCUT2D eigenvalue weighted by atomic mass is 16.2. The number of nitrogens with one attached hydrogen (secondary N) is 2. The van der Waals surface area contributed by atoms with Crippen LogP contribution in [0.1, 0.15) is 60.7 Å². The molecule has 2 aromatic rings. The predicted octanol–water partition coefficient (Wildman–Crippen LogP) is 4.52. The molecule has 2 N–H and O–H groups in total. The number of benzene rings is 2. The molecule has 28 heavy (non-hydrogen) atoms. The monoisotopic (exact) mass is 378 g/mol. The topological polar surface area (TPSA) is 58.2 Å². The van der Waals surface area contributed by atoms with Crippen molar-refractivity contribution in [3.05, 3.63) is 64.7 Å². The van der Waals surface area contributed by atoms with Gasteiger partial charge in [-0.15, -0.1) is 0 Å². The Morgan fingerprint density at radius 2 is 1.71 bits per heavy atom. The fourth-order valence-electron chi connectivity index (χ4n) is 3.69. The van der Waals surface area contributed by atoms with E-state index in [2.05, 4.69) is 29.7 Å². The molecular weight excluding hydrogens is 348 g/mol. The summed E-state index contributed by atoms with van der Waals surface area (Å²) in [4.78, 5) is 25.6. The molecule has 0 radical (unpaired) electrons. The van der Waals surface area contributed by atoms with Crippen molar-refractivity contribution in [2.45, 2.75) is 58.9 Å². The van der Waals surface area contributed by atoms with E-state index >= 15 is 0 Å². The van der Waals surface area contributed by atoms with Gasteiger partial charge in [0.25, 0.3) is 5.91 Å². The third-order valence-corrected chi connectivity index (χ3v) is 5.77. The minimum Gasteiger partial charge on any atom is -0.340 e. The van der Waals surface area contributed by atoms with E-state index in [0.717, 1.165) is 31.4 Å². The fourth-order valence-corrected chi connectivity index (χ4v) is 3.69. The summed E-state index contributed by atoms with van der Waals surface area (Å²) in [6.07, 6.45) is 5.09. The van der Waals surface area contributed by atoms with E-state index in [4.69, 9.17) is 0 Å². The highest BCUT2D eigenvalue weighted by molar-refractivity contribution is 6.01. The molecule has 4 nitrogen and oxygen atoms in total. The van der Waals surface area contributed by atoms with Gasteiger partial charge in [-0.25, -0.2) is 0 Å². The van der Waals surface area contributed by atoms with Crippen molar-refractivity contribution >= 4 is 17.5 Å². The van der Waals surface area contributed by atoms with Crippen molar-refractivity contribution in [3.63, 3.8) is 0 Å². The summed E-state index contributed by atoms with van der Waals surface area (Å²) in [5, 5.41) is 5.95. The third kappa shape index (κ3) is 4.61. The highest BCUT2D eigenvalue weighted by Gasteiger charge is 2.26. The molecule has 0 aromatic heterocycles. The fraction of sp³-hybridized carbons (Fsp3) is 0.417. The van der Waals surface area contributed by atoms with Gasteiger partial charge < -0.3 is 10.6 Å². The first kappa shape index (κ1) is 20.1. The van der Waals surface area contributed by atoms with Crippen molar-refractivity contribution in [2.24, 2.45) is 5.92 Å². The van der Waals surface area contributed by atoms with E-state index in [9.17, 15) is 9.59 Å². The van der Waals surface area contributed by atoms with E-state index in [-0.39, 0.29) is 17.7 Å². The summed E-state index contributed by atoms with van der Waals surface area (Å²) >= 11 is 0. The standard InChI is InChI=1S/C24H30N2O2/c1-4-16(3)22(26-23(27)19-11-9-17(5-2)10-12-19)24(28)25-21-14-13-18-7-6-8-20(18)15-21/h9-16,22H,4-8H2,1-3H3,(H,25,28)(H,26,27). The first-order chi connectivity index (χ1) is 13.5.